The van der Waals surface area contributed by atoms with E-state index in [1.54, 1.807) is 6.92 Å². The van der Waals surface area contributed by atoms with Crippen molar-refractivity contribution in [2.45, 2.75) is 6.92 Å². The maximum absolute atomic E-state index is 9.78. The monoisotopic (exact) mass is 121 g/mol. The van der Waals surface area contributed by atoms with Gasteiger partial charge in [-0.15, -0.1) is 0 Å². The second-order valence-corrected chi connectivity index (χ2v) is 1.51. The lowest BCUT2D eigenvalue weighted by molar-refractivity contribution is -0.386. The number of aliphatic carboxylic acids is 1. The van der Waals surface area contributed by atoms with Gasteiger partial charge >= 0.3 is 0 Å². The minimum absolute atomic E-state index is 0. The number of carboxylic acids is 1. The second-order valence-electron chi connectivity index (χ2n) is 1.51. The second kappa shape index (κ2) is 4.55. The van der Waals surface area contributed by atoms with Crippen molar-refractivity contribution >= 4 is 5.97 Å². The molecule has 0 rings (SSSR count). The Hall–Kier alpha value is -0.610. The van der Waals surface area contributed by atoms with Crippen molar-refractivity contribution in [2.24, 2.45) is 5.92 Å². The molecule has 0 saturated carbocycles. The van der Waals surface area contributed by atoms with Crippen molar-refractivity contribution < 1.29 is 21.1 Å². The Bertz CT molecular complexity index is 73.7. The van der Waals surface area contributed by atoms with Crippen LogP contribution in [0.15, 0.2) is 0 Å². The molecule has 0 aromatic rings. The molecule has 0 unspecified atom stereocenters. The van der Waals surface area contributed by atoms with Gasteiger partial charge in [-0.2, -0.15) is 0 Å². The number of hydrogen-bond donors (Lipinski definition) is 1. The van der Waals surface area contributed by atoms with Gasteiger partial charge in [0.15, 0.2) is 0 Å². The highest BCUT2D eigenvalue weighted by molar-refractivity contribution is 5.67. The van der Waals surface area contributed by atoms with Gasteiger partial charge in [0, 0.05) is 11.9 Å². The van der Waals surface area contributed by atoms with Crippen LogP contribution in [-0.2, 0) is 4.79 Å². The summed E-state index contributed by atoms with van der Waals surface area (Å²) in [4.78, 5) is 9.78. The summed E-state index contributed by atoms with van der Waals surface area (Å²) in [5, 5.41) is 9.78. The molecule has 1 atom stereocenters. The van der Waals surface area contributed by atoms with E-state index in [1.807, 2.05) is 0 Å². The summed E-state index contributed by atoms with van der Waals surface area (Å²) in [6, 6.07) is 0. The molecule has 0 bridgehead atoms. The largest absolute Gasteiger partial charge is 0.550 e. The fraction of sp³-hybridized carbons (Fsp3) is 0.750. The molecule has 5 N–H and O–H groups in total. The first-order valence-electron chi connectivity index (χ1n) is 2.18. The molecule has 0 aliphatic carbocycles. The summed E-state index contributed by atoms with van der Waals surface area (Å²) < 4.78 is 0. The summed E-state index contributed by atoms with van der Waals surface area (Å²) in [5.74, 6) is -1.42. The lowest BCUT2D eigenvalue weighted by Gasteiger charge is -2.04. The van der Waals surface area contributed by atoms with Crippen LogP contribution in [0, 0.1) is 5.92 Å². The molecule has 8 heavy (non-hydrogen) atoms. The SMILES string of the molecule is C[C@H](C[NH3+])C(=O)[O-].O. The molecule has 0 aromatic heterocycles. The van der Waals surface area contributed by atoms with Crippen molar-refractivity contribution in [3.8, 4) is 0 Å². The molecule has 4 nitrogen and oxygen atoms in total. The highest BCUT2D eigenvalue weighted by Crippen LogP contribution is 1.82. The fourth-order valence-corrected chi connectivity index (χ4v) is 0.118. The van der Waals surface area contributed by atoms with Crippen LogP contribution in [0.4, 0.5) is 0 Å². The zero-order chi connectivity index (χ0) is 5.86. The van der Waals surface area contributed by atoms with Crippen LogP contribution >= 0.6 is 0 Å². The van der Waals surface area contributed by atoms with Gasteiger partial charge in [-0.05, 0) is 0 Å². The number of hydrogen-bond acceptors (Lipinski definition) is 2. The Kier molecular flexibility index (Phi) is 5.90. The minimum Gasteiger partial charge on any atom is -0.550 e. The van der Waals surface area contributed by atoms with Gasteiger partial charge in [0.05, 0.1) is 6.54 Å². The highest BCUT2D eigenvalue weighted by Gasteiger charge is 1.98. The Morgan fingerprint density at radius 1 is 1.88 bits per heavy atom. The van der Waals surface area contributed by atoms with Gasteiger partial charge in [0.1, 0.15) is 0 Å². The third-order valence-electron chi connectivity index (χ3n) is 0.835. The Morgan fingerprint density at radius 2 is 2.25 bits per heavy atom. The maximum Gasteiger partial charge on any atom is 0.0818 e. The van der Waals surface area contributed by atoms with Crippen LogP contribution in [0.5, 0.6) is 0 Å². The zero-order valence-electron chi connectivity index (χ0n) is 4.81. The molecule has 50 valence electrons. The van der Waals surface area contributed by atoms with E-state index >= 15 is 0 Å². The van der Waals surface area contributed by atoms with Crippen LogP contribution in [0.2, 0.25) is 0 Å². The lowest BCUT2D eigenvalue weighted by Crippen LogP contribution is -2.56. The van der Waals surface area contributed by atoms with Gasteiger partial charge < -0.3 is 21.1 Å². The normalized spacial score (nSPS) is 11.8. The molecule has 0 saturated heterocycles. The zero-order valence-corrected chi connectivity index (χ0v) is 4.81. The summed E-state index contributed by atoms with van der Waals surface area (Å²) in [6.07, 6.45) is 0. The van der Waals surface area contributed by atoms with E-state index in [4.69, 9.17) is 0 Å². The summed E-state index contributed by atoms with van der Waals surface area (Å²) in [6.45, 7) is 1.98. The first kappa shape index (κ1) is 10.4. The molecule has 0 aromatic carbocycles. The van der Waals surface area contributed by atoms with Gasteiger partial charge in [-0.3, -0.25) is 0 Å². The van der Waals surface area contributed by atoms with Crippen LogP contribution in [0.3, 0.4) is 0 Å². The van der Waals surface area contributed by atoms with Crippen molar-refractivity contribution in [1.82, 2.24) is 0 Å². The van der Waals surface area contributed by atoms with Crippen LogP contribution < -0.4 is 10.8 Å². The average molecular weight is 121 g/mol. The summed E-state index contributed by atoms with van der Waals surface area (Å²) >= 11 is 0. The summed E-state index contributed by atoms with van der Waals surface area (Å²) in [5.41, 5.74) is 3.39. The third-order valence-corrected chi connectivity index (χ3v) is 0.835. The predicted octanol–water partition coefficient (Wildman–Crippen LogP) is -3.21. The van der Waals surface area contributed by atoms with Gasteiger partial charge in [0.25, 0.3) is 0 Å². The number of carboxylic acid groups (broad SMARTS) is 1. The molecular weight excluding hydrogens is 110 g/mol. The van der Waals surface area contributed by atoms with Gasteiger partial charge in [-0.25, -0.2) is 0 Å². The first-order valence-corrected chi connectivity index (χ1v) is 2.18. The van der Waals surface area contributed by atoms with Crippen molar-refractivity contribution in [2.75, 3.05) is 6.54 Å². The van der Waals surface area contributed by atoms with Crippen molar-refractivity contribution in [1.29, 1.82) is 0 Å². The van der Waals surface area contributed by atoms with E-state index < -0.39 is 11.9 Å². The van der Waals surface area contributed by atoms with Crippen LogP contribution in [0.1, 0.15) is 6.92 Å². The standard InChI is InChI=1S/C4H9NO2.H2O/c1-3(2-5)4(6)7;/h3H,2,5H2,1H3,(H,6,7);1H2/t3-;/m1./s1. The quantitative estimate of drug-likeness (QED) is 0.416. The molecule has 4 heteroatoms. The molecular formula is C4H11NO3. The Morgan fingerprint density at radius 3 is 2.25 bits per heavy atom. The smallest absolute Gasteiger partial charge is 0.0818 e. The topological polar surface area (TPSA) is 99.3 Å². The molecule has 0 fully saturated rings. The predicted molar refractivity (Wildman–Crippen MR) is 25.5 cm³/mol. The maximum atomic E-state index is 9.78. The van der Waals surface area contributed by atoms with Crippen molar-refractivity contribution in [3.63, 3.8) is 0 Å². The third kappa shape index (κ3) is 3.58. The van der Waals surface area contributed by atoms with E-state index in [0.717, 1.165) is 0 Å². The summed E-state index contributed by atoms with van der Waals surface area (Å²) in [7, 11) is 0. The highest BCUT2D eigenvalue weighted by atomic mass is 16.4. The number of rotatable bonds is 2. The number of carbonyl (C=O) groups is 1. The fourth-order valence-electron chi connectivity index (χ4n) is 0.118. The van der Waals surface area contributed by atoms with Crippen LogP contribution in [-0.4, -0.2) is 18.0 Å². The molecule has 0 radical (unpaired) electrons. The van der Waals surface area contributed by atoms with E-state index in [2.05, 4.69) is 5.73 Å². The minimum atomic E-state index is -1.02. The molecule has 0 amide bonds. The average Bonchev–Trinajstić information content (AvgIpc) is 1.65. The lowest BCUT2D eigenvalue weighted by atomic mass is 10.2. The molecule has 0 aliphatic rings. The molecule has 0 spiro atoms. The number of quaternary nitrogens is 1. The Labute approximate surface area is 47.6 Å². The van der Waals surface area contributed by atoms with E-state index in [9.17, 15) is 9.90 Å². The Balaban J connectivity index is 0. The van der Waals surface area contributed by atoms with Crippen LogP contribution in [0.25, 0.3) is 0 Å². The van der Waals surface area contributed by atoms with E-state index in [-0.39, 0.29) is 5.48 Å². The van der Waals surface area contributed by atoms with E-state index in [1.165, 1.54) is 0 Å². The van der Waals surface area contributed by atoms with Gasteiger partial charge in [0.2, 0.25) is 0 Å². The molecule has 0 heterocycles. The molecule has 0 aliphatic heterocycles. The van der Waals surface area contributed by atoms with E-state index in [0.29, 0.717) is 6.54 Å². The number of carbonyl (C=O) groups excluding carboxylic acids is 1. The first-order chi connectivity index (χ1) is 3.18. The van der Waals surface area contributed by atoms with Crippen molar-refractivity contribution in [3.05, 3.63) is 0 Å². The van der Waals surface area contributed by atoms with Gasteiger partial charge in [-0.1, -0.05) is 6.92 Å².